The van der Waals surface area contributed by atoms with Crippen molar-refractivity contribution in [1.82, 2.24) is 20.5 Å². The summed E-state index contributed by atoms with van der Waals surface area (Å²) in [5.41, 5.74) is 0. The predicted octanol–water partition coefficient (Wildman–Crippen LogP) is 3.66. The Morgan fingerprint density at radius 2 is 2.15 bits per heavy atom. The lowest BCUT2D eigenvalue weighted by Crippen LogP contribution is -2.42. The first-order valence-electron chi connectivity index (χ1n) is 9.53. The molecule has 5 nitrogen and oxygen atoms in total. The summed E-state index contributed by atoms with van der Waals surface area (Å²) >= 11 is 3.60. The molecule has 1 atom stereocenters. The van der Waals surface area contributed by atoms with Gasteiger partial charge in [-0.3, -0.25) is 4.90 Å². The Morgan fingerprint density at radius 3 is 2.81 bits per heavy atom. The van der Waals surface area contributed by atoms with Crippen LogP contribution in [0.2, 0.25) is 0 Å². The van der Waals surface area contributed by atoms with E-state index in [2.05, 4.69) is 51.9 Å². The molecule has 3 heterocycles. The van der Waals surface area contributed by atoms with E-state index < -0.39 is 0 Å². The third kappa shape index (κ3) is 5.28. The van der Waals surface area contributed by atoms with Crippen molar-refractivity contribution in [3.63, 3.8) is 0 Å². The van der Waals surface area contributed by atoms with E-state index in [1.807, 2.05) is 17.5 Å². The highest BCUT2D eigenvalue weighted by molar-refractivity contribution is 7.11. The summed E-state index contributed by atoms with van der Waals surface area (Å²) in [6.45, 7) is 9.02. The van der Waals surface area contributed by atoms with Crippen molar-refractivity contribution in [2.24, 2.45) is 4.99 Å². The van der Waals surface area contributed by atoms with Gasteiger partial charge in [-0.05, 0) is 50.7 Å². The van der Waals surface area contributed by atoms with E-state index in [4.69, 9.17) is 4.99 Å². The Kier molecular flexibility index (Phi) is 7.46. The molecule has 2 aromatic heterocycles. The number of nitrogens with one attached hydrogen (secondary N) is 2. The molecule has 7 heteroatoms. The van der Waals surface area contributed by atoms with E-state index in [1.54, 1.807) is 11.3 Å². The minimum Gasteiger partial charge on any atom is -0.357 e. The molecule has 0 bridgehead atoms. The van der Waals surface area contributed by atoms with Gasteiger partial charge in [-0.15, -0.1) is 22.7 Å². The molecule has 0 spiro atoms. The fourth-order valence-corrected chi connectivity index (χ4v) is 4.86. The first-order valence-corrected chi connectivity index (χ1v) is 11.2. The minimum absolute atomic E-state index is 0.424. The molecular formula is C19H29N5S2. The Labute approximate surface area is 164 Å². The number of thiophene rings is 1. The third-order valence-electron chi connectivity index (χ3n) is 4.58. The lowest BCUT2D eigenvalue weighted by molar-refractivity contribution is 0.249. The zero-order valence-electron chi connectivity index (χ0n) is 15.7. The SMILES string of the molecule is CCNC(=NCc1ncc(CC)s1)NCC(c1cccs1)N1CCCC1. The van der Waals surface area contributed by atoms with E-state index in [0.717, 1.165) is 30.5 Å². The molecule has 1 fully saturated rings. The van der Waals surface area contributed by atoms with E-state index in [9.17, 15) is 0 Å². The highest BCUT2D eigenvalue weighted by Gasteiger charge is 2.24. The number of thiazole rings is 1. The summed E-state index contributed by atoms with van der Waals surface area (Å²) in [5.74, 6) is 0.876. The van der Waals surface area contributed by atoms with Crippen LogP contribution >= 0.6 is 22.7 Å². The number of likely N-dealkylation sites (tertiary alicyclic amines) is 1. The maximum Gasteiger partial charge on any atom is 0.191 e. The van der Waals surface area contributed by atoms with Crippen LogP contribution in [0.25, 0.3) is 0 Å². The summed E-state index contributed by atoms with van der Waals surface area (Å²) in [5, 5.41) is 10.2. The largest absolute Gasteiger partial charge is 0.357 e. The zero-order chi connectivity index (χ0) is 18.2. The quantitative estimate of drug-likeness (QED) is 0.533. The van der Waals surface area contributed by atoms with Crippen LogP contribution in [0.15, 0.2) is 28.7 Å². The summed E-state index contributed by atoms with van der Waals surface area (Å²) in [6, 6.07) is 4.82. The molecule has 3 rings (SSSR count). The third-order valence-corrected chi connectivity index (χ3v) is 6.68. The van der Waals surface area contributed by atoms with Gasteiger partial charge in [0.1, 0.15) is 5.01 Å². The second kappa shape index (κ2) is 10.0. The number of nitrogens with zero attached hydrogens (tertiary/aromatic N) is 3. The highest BCUT2D eigenvalue weighted by Crippen LogP contribution is 2.27. The Morgan fingerprint density at radius 1 is 1.31 bits per heavy atom. The maximum absolute atomic E-state index is 4.74. The molecule has 2 N–H and O–H groups in total. The van der Waals surface area contributed by atoms with Crippen LogP contribution in [0, 0.1) is 0 Å². The van der Waals surface area contributed by atoms with Gasteiger partial charge in [-0.25, -0.2) is 9.98 Å². The average Bonchev–Trinajstić information content (AvgIpc) is 3.42. The Hall–Kier alpha value is -1.44. The highest BCUT2D eigenvalue weighted by atomic mass is 32.1. The number of hydrogen-bond acceptors (Lipinski definition) is 5. The maximum atomic E-state index is 4.74. The fraction of sp³-hybridized carbons (Fsp3) is 0.579. The van der Waals surface area contributed by atoms with Gasteiger partial charge >= 0.3 is 0 Å². The second-order valence-electron chi connectivity index (χ2n) is 6.42. The van der Waals surface area contributed by atoms with E-state index in [-0.39, 0.29) is 0 Å². The van der Waals surface area contributed by atoms with Crippen molar-refractivity contribution in [3.05, 3.63) is 38.5 Å². The van der Waals surface area contributed by atoms with Gasteiger partial charge in [-0.2, -0.15) is 0 Å². The van der Waals surface area contributed by atoms with Crippen molar-refractivity contribution in [3.8, 4) is 0 Å². The Bertz CT molecular complexity index is 674. The molecule has 142 valence electrons. The van der Waals surface area contributed by atoms with Crippen LogP contribution in [0.3, 0.4) is 0 Å². The summed E-state index contributed by atoms with van der Waals surface area (Å²) < 4.78 is 0. The number of rotatable bonds is 8. The molecule has 1 unspecified atom stereocenters. The topological polar surface area (TPSA) is 52.6 Å². The molecule has 0 aliphatic carbocycles. The van der Waals surface area contributed by atoms with Gasteiger partial charge in [0.15, 0.2) is 5.96 Å². The molecular weight excluding hydrogens is 362 g/mol. The van der Waals surface area contributed by atoms with Gasteiger partial charge in [0, 0.05) is 29.0 Å². The van der Waals surface area contributed by atoms with Crippen LogP contribution in [-0.4, -0.2) is 42.0 Å². The Balaban J connectivity index is 1.62. The van der Waals surface area contributed by atoms with Gasteiger partial charge in [0.25, 0.3) is 0 Å². The number of guanidine groups is 1. The zero-order valence-corrected chi connectivity index (χ0v) is 17.3. The van der Waals surface area contributed by atoms with E-state index in [1.165, 1.54) is 35.7 Å². The van der Waals surface area contributed by atoms with Crippen molar-refractivity contribution in [2.45, 2.75) is 45.7 Å². The van der Waals surface area contributed by atoms with E-state index >= 15 is 0 Å². The molecule has 1 aliphatic heterocycles. The van der Waals surface area contributed by atoms with Crippen molar-refractivity contribution in [2.75, 3.05) is 26.2 Å². The molecule has 1 saturated heterocycles. The van der Waals surface area contributed by atoms with Crippen molar-refractivity contribution in [1.29, 1.82) is 0 Å². The monoisotopic (exact) mass is 391 g/mol. The van der Waals surface area contributed by atoms with Crippen LogP contribution < -0.4 is 10.6 Å². The summed E-state index contributed by atoms with van der Waals surface area (Å²) in [6.07, 6.45) is 5.62. The van der Waals surface area contributed by atoms with E-state index in [0.29, 0.717) is 12.6 Å². The summed E-state index contributed by atoms with van der Waals surface area (Å²) in [4.78, 5) is 14.6. The number of hydrogen-bond donors (Lipinski definition) is 2. The van der Waals surface area contributed by atoms with Crippen LogP contribution in [0.4, 0.5) is 0 Å². The minimum atomic E-state index is 0.424. The van der Waals surface area contributed by atoms with Crippen LogP contribution in [-0.2, 0) is 13.0 Å². The number of aromatic nitrogens is 1. The smallest absolute Gasteiger partial charge is 0.191 e. The van der Waals surface area contributed by atoms with Crippen LogP contribution in [0.5, 0.6) is 0 Å². The average molecular weight is 392 g/mol. The predicted molar refractivity (Wildman–Crippen MR) is 112 cm³/mol. The number of aryl methyl sites for hydroxylation is 1. The van der Waals surface area contributed by atoms with Gasteiger partial charge in [-0.1, -0.05) is 13.0 Å². The molecule has 2 aromatic rings. The van der Waals surface area contributed by atoms with Gasteiger partial charge in [0.05, 0.1) is 12.6 Å². The molecule has 26 heavy (non-hydrogen) atoms. The lowest BCUT2D eigenvalue weighted by atomic mass is 10.2. The van der Waals surface area contributed by atoms with Crippen molar-refractivity contribution < 1.29 is 0 Å². The first kappa shape index (κ1) is 19.3. The fourth-order valence-electron chi connectivity index (χ4n) is 3.21. The standard InChI is InChI=1S/C19H29N5S2/c1-3-15-12-21-18(26-15)14-23-19(20-4-2)22-13-16(17-8-7-11-25-17)24-9-5-6-10-24/h7-8,11-12,16H,3-6,9-10,13-14H2,1-2H3,(H2,20,22,23). The molecule has 1 aliphatic rings. The van der Waals surface area contributed by atoms with Crippen LogP contribution in [0.1, 0.15) is 47.5 Å². The summed E-state index contributed by atoms with van der Waals surface area (Å²) in [7, 11) is 0. The molecule has 0 amide bonds. The first-order chi connectivity index (χ1) is 12.8. The van der Waals surface area contributed by atoms with Gasteiger partial charge in [0.2, 0.25) is 0 Å². The van der Waals surface area contributed by atoms with Crippen molar-refractivity contribution >= 4 is 28.6 Å². The normalized spacial score (nSPS) is 16.8. The molecule has 0 radical (unpaired) electrons. The lowest BCUT2D eigenvalue weighted by Gasteiger charge is -2.27. The molecule has 0 aromatic carbocycles. The van der Waals surface area contributed by atoms with Gasteiger partial charge < -0.3 is 10.6 Å². The molecule has 0 saturated carbocycles. The second-order valence-corrected chi connectivity index (χ2v) is 8.60. The number of aliphatic imine (C=N–C) groups is 1.